The topological polar surface area (TPSA) is 115 Å². The number of carbonyl (C=O) groups excluding carboxylic acids is 2. The number of hydrogen-bond donors (Lipinski definition) is 2. The predicted octanol–water partition coefficient (Wildman–Crippen LogP) is 1.51. The molecule has 0 aliphatic heterocycles. The highest BCUT2D eigenvalue weighted by Crippen LogP contribution is 2.28. The van der Waals surface area contributed by atoms with Crippen molar-refractivity contribution < 1.29 is 27.7 Å². The van der Waals surface area contributed by atoms with Crippen molar-refractivity contribution in [2.24, 2.45) is 5.73 Å². The summed E-state index contributed by atoms with van der Waals surface area (Å²) in [6.07, 6.45) is -5.12. The van der Waals surface area contributed by atoms with Crippen molar-refractivity contribution >= 4 is 23.2 Å². The van der Waals surface area contributed by atoms with Crippen molar-refractivity contribution in [2.45, 2.75) is 19.0 Å². The van der Waals surface area contributed by atoms with Gasteiger partial charge in [0.25, 0.3) is 5.69 Å². The lowest BCUT2D eigenvalue weighted by atomic mass is 10.1. The minimum Gasteiger partial charge on any atom is -0.370 e. The van der Waals surface area contributed by atoms with Gasteiger partial charge in [0.15, 0.2) is 0 Å². The summed E-state index contributed by atoms with van der Waals surface area (Å²) in [5.41, 5.74) is 3.99. The van der Waals surface area contributed by atoms with E-state index in [1.165, 1.54) is 11.4 Å². The molecule has 0 spiro atoms. The summed E-state index contributed by atoms with van der Waals surface area (Å²) in [5.74, 6) is -2.93. The molecule has 2 amide bonds. The first-order valence-electron chi connectivity index (χ1n) is 5.55. The van der Waals surface area contributed by atoms with Crippen molar-refractivity contribution in [3.8, 4) is 0 Å². The second kappa shape index (κ2) is 6.20. The maximum atomic E-state index is 12.1. The number of aryl methyl sites for hydroxylation is 1. The Kier molecular flexibility index (Phi) is 4.84. The largest absolute Gasteiger partial charge is 0.471 e. The lowest BCUT2D eigenvalue weighted by Gasteiger charge is -2.09. The van der Waals surface area contributed by atoms with Gasteiger partial charge in [0.2, 0.25) is 5.91 Å². The number of nitro benzene ring substituents is 1. The zero-order valence-electron chi connectivity index (χ0n) is 10.4. The van der Waals surface area contributed by atoms with E-state index in [4.69, 9.17) is 5.73 Å². The van der Waals surface area contributed by atoms with E-state index in [0.29, 0.717) is 5.56 Å². The molecule has 21 heavy (non-hydrogen) atoms. The smallest absolute Gasteiger partial charge is 0.370 e. The Hall–Kier alpha value is -2.65. The van der Waals surface area contributed by atoms with Gasteiger partial charge in [0, 0.05) is 12.5 Å². The standard InChI is InChI=1S/C11H10F3N3O4/c12-11(13,14)10(19)16-7-3-1-6(2-4-9(15)18)5-8(7)17(20)21/h1,3,5H,2,4H2,(H2,15,18)(H,16,19). The molecule has 0 aliphatic carbocycles. The summed E-state index contributed by atoms with van der Waals surface area (Å²) in [7, 11) is 0. The van der Waals surface area contributed by atoms with Crippen LogP contribution in [0.2, 0.25) is 0 Å². The zero-order chi connectivity index (χ0) is 16.2. The van der Waals surface area contributed by atoms with Crippen LogP contribution in [0.1, 0.15) is 12.0 Å². The van der Waals surface area contributed by atoms with Gasteiger partial charge in [-0.15, -0.1) is 0 Å². The average Bonchev–Trinajstić information content (AvgIpc) is 2.35. The number of amides is 2. The van der Waals surface area contributed by atoms with E-state index in [1.54, 1.807) is 0 Å². The molecular formula is C11H10F3N3O4. The van der Waals surface area contributed by atoms with Crippen LogP contribution in [-0.2, 0) is 16.0 Å². The van der Waals surface area contributed by atoms with Gasteiger partial charge in [-0.1, -0.05) is 6.07 Å². The van der Waals surface area contributed by atoms with Gasteiger partial charge in [0.05, 0.1) is 4.92 Å². The Morgan fingerprint density at radius 1 is 1.33 bits per heavy atom. The zero-order valence-corrected chi connectivity index (χ0v) is 10.4. The van der Waals surface area contributed by atoms with Crippen LogP contribution < -0.4 is 11.1 Å². The third-order valence-electron chi connectivity index (χ3n) is 2.42. The molecule has 0 bridgehead atoms. The fourth-order valence-electron chi connectivity index (χ4n) is 1.45. The van der Waals surface area contributed by atoms with E-state index in [-0.39, 0.29) is 12.8 Å². The summed E-state index contributed by atoms with van der Waals surface area (Å²) >= 11 is 0. The molecule has 0 saturated carbocycles. The number of alkyl halides is 3. The number of nitrogens with one attached hydrogen (secondary N) is 1. The number of benzene rings is 1. The molecular weight excluding hydrogens is 295 g/mol. The van der Waals surface area contributed by atoms with Gasteiger partial charge >= 0.3 is 12.1 Å². The molecule has 0 fully saturated rings. The maximum Gasteiger partial charge on any atom is 0.471 e. The average molecular weight is 305 g/mol. The van der Waals surface area contributed by atoms with Gasteiger partial charge in [-0.2, -0.15) is 13.2 Å². The number of nitrogens with zero attached hydrogens (tertiary/aromatic N) is 1. The molecule has 3 N–H and O–H groups in total. The van der Waals surface area contributed by atoms with Gasteiger partial charge in [-0.25, -0.2) is 0 Å². The molecule has 1 rings (SSSR count). The lowest BCUT2D eigenvalue weighted by molar-refractivity contribution is -0.384. The van der Waals surface area contributed by atoms with Crippen molar-refractivity contribution in [2.75, 3.05) is 5.32 Å². The normalized spacial score (nSPS) is 11.0. The first-order valence-corrected chi connectivity index (χ1v) is 5.55. The Bertz CT molecular complexity index is 587. The van der Waals surface area contributed by atoms with Gasteiger partial charge in [-0.3, -0.25) is 19.7 Å². The SMILES string of the molecule is NC(=O)CCc1ccc(NC(=O)C(F)(F)F)c([N+](=O)[O-])c1. The number of halogens is 3. The first-order chi connectivity index (χ1) is 9.61. The summed E-state index contributed by atoms with van der Waals surface area (Å²) in [6, 6.07) is 3.22. The van der Waals surface area contributed by atoms with E-state index in [1.807, 2.05) is 0 Å². The third kappa shape index (κ3) is 4.75. The molecule has 0 aliphatic rings. The molecule has 0 radical (unpaired) electrons. The molecule has 0 heterocycles. The molecule has 10 heteroatoms. The Balaban J connectivity index is 3.02. The number of nitrogens with two attached hydrogens (primary N) is 1. The molecule has 0 aromatic heterocycles. The van der Waals surface area contributed by atoms with E-state index >= 15 is 0 Å². The Morgan fingerprint density at radius 2 is 1.95 bits per heavy atom. The van der Waals surface area contributed by atoms with Crippen molar-refractivity contribution in [1.82, 2.24) is 0 Å². The van der Waals surface area contributed by atoms with Crippen LogP contribution in [0.4, 0.5) is 24.5 Å². The number of nitro groups is 1. The monoisotopic (exact) mass is 305 g/mol. The van der Waals surface area contributed by atoms with Crippen molar-refractivity contribution in [3.05, 3.63) is 33.9 Å². The third-order valence-corrected chi connectivity index (χ3v) is 2.42. The van der Waals surface area contributed by atoms with Crippen LogP contribution in [0, 0.1) is 10.1 Å². The number of hydrogen-bond acceptors (Lipinski definition) is 4. The Morgan fingerprint density at radius 3 is 2.43 bits per heavy atom. The van der Waals surface area contributed by atoms with Crippen LogP contribution in [0.15, 0.2) is 18.2 Å². The fraction of sp³-hybridized carbons (Fsp3) is 0.273. The van der Waals surface area contributed by atoms with E-state index in [0.717, 1.165) is 12.1 Å². The molecule has 1 aromatic carbocycles. The lowest BCUT2D eigenvalue weighted by Crippen LogP contribution is -2.30. The molecule has 1 aromatic rings. The Labute approximate surface area is 116 Å². The number of rotatable bonds is 5. The van der Waals surface area contributed by atoms with Crippen LogP contribution in [0.5, 0.6) is 0 Å². The second-order valence-electron chi connectivity index (χ2n) is 4.03. The highest BCUT2D eigenvalue weighted by Gasteiger charge is 2.39. The van der Waals surface area contributed by atoms with E-state index in [9.17, 15) is 32.9 Å². The summed E-state index contributed by atoms with van der Waals surface area (Å²) in [4.78, 5) is 31.3. The number of primary amides is 1. The van der Waals surface area contributed by atoms with Crippen LogP contribution in [0.3, 0.4) is 0 Å². The number of anilines is 1. The molecule has 7 nitrogen and oxygen atoms in total. The van der Waals surface area contributed by atoms with Gasteiger partial charge in [0.1, 0.15) is 5.69 Å². The predicted molar refractivity (Wildman–Crippen MR) is 65.3 cm³/mol. The summed E-state index contributed by atoms with van der Waals surface area (Å²) < 4.78 is 36.4. The first kappa shape index (κ1) is 16.4. The van der Waals surface area contributed by atoms with Gasteiger partial charge < -0.3 is 11.1 Å². The summed E-state index contributed by atoms with van der Waals surface area (Å²) in [5, 5.41) is 12.3. The summed E-state index contributed by atoms with van der Waals surface area (Å²) in [6.45, 7) is 0. The van der Waals surface area contributed by atoms with Crippen molar-refractivity contribution in [1.29, 1.82) is 0 Å². The quantitative estimate of drug-likeness (QED) is 0.633. The minimum atomic E-state index is -5.15. The molecule has 0 saturated heterocycles. The van der Waals surface area contributed by atoms with Crippen LogP contribution in [0.25, 0.3) is 0 Å². The highest BCUT2D eigenvalue weighted by atomic mass is 19.4. The second-order valence-corrected chi connectivity index (χ2v) is 4.03. The minimum absolute atomic E-state index is 0.0641. The molecule has 0 atom stereocenters. The van der Waals surface area contributed by atoms with Crippen LogP contribution in [-0.4, -0.2) is 22.9 Å². The fourth-order valence-corrected chi connectivity index (χ4v) is 1.45. The van der Waals surface area contributed by atoms with Gasteiger partial charge in [-0.05, 0) is 18.1 Å². The highest BCUT2D eigenvalue weighted by molar-refractivity contribution is 5.96. The molecule has 114 valence electrons. The molecule has 0 unspecified atom stereocenters. The number of carbonyl (C=O) groups is 2. The van der Waals surface area contributed by atoms with Crippen molar-refractivity contribution in [3.63, 3.8) is 0 Å². The van der Waals surface area contributed by atoms with Crippen LogP contribution >= 0.6 is 0 Å². The van der Waals surface area contributed by atoms with E-state index in [2.05, 4.69) is 0 Å². The maximum absolute atomic E-state index is 12.1. The van der Waals surface area contributed by atoms with E-state index < -0.39 is 34.3 Å².